The second-order valence-corrected chi connectivity index (χ2v) is 4.36. The Bertz CT molecular complexity index is 338. The summed E-state index contributed by atoms with van der Waals surface area (Å²) in [7, 11) is -4.13. The quantitative estimate of drug-likeness (QED) is 0.385. The number of carbonyl (C=O) groups is 2. The van der Waals surface area contributed by atoms with Crippen molar-refractivity contribution in [2.45, 2.75) is 12.5 Å². The van der Waals surface area contributed by atoms with Crippen LogP contribution in [0.2, 0.25) is 0 Å². The Balaban J connectivity index is 3.82. The zero-order valence-electron chi connectivity index (χ0n) is 7.71. The molecule has 0 aliphatic heterocycles. The average molecular weight is 240 g/mol. The summed E-state index contributed by atoms with van der Waals surface area (Å²) in [6, 6.07) is -1.32. The molecule has 8 nitrogen and oxygen atoms in total. The molecule has 0 aromatic rings. The number of rotatable bonds is 6. The fraction of sp³-hybridized carbons (Fsp3) is 0.667. The summed E-state index contributed by atoms with van der Waals surface area (Å²) in [6.07, 6.45) is -0.444. The lowest BCUT2D eigenvalue weighted by atomic mass is 10.2. The lowest BCUT2D eigenvalue weighted by molar-refractivity contribution is -0.140. The first-order valence-corrected chi connectivity index (χ1v) is 5.53. The van der Waals surface area contributed by atoms with E-state index in [0.717, 1.165) is 0 Å². The summed E-state index contributed by atoms with van der Waals surface area (Å²) in [6.45, 7) is -0.288. The predicted octanol–water partition coefficient (Wildman–Crippen LogP) is -2.21. The maximum absolute atomic E-state index is 10.9. The van der Waals surface area contributed by atoms with Gasteiger partial charge in [0.05, 0.1) is 12.2 Å². The van der Waals surface area contributed by atoms with Crippen LogP contribution in [-0.2, 0) is 19.7 Å². The molecular formula is C6H12N2O6S. The summed E-state index contributed by atoms with van der Waals surface area (Å²) in [5.74, 6) is -2.63. The highest BCUT2D eigenvalue weighted by Gasteiger charge is 2.16. The Morgan fingerprint density at radius 2 is 1.93 bits per heavy atom. The number of amides is 1. The Morgan fingerprint density at radius 1 is 1.40 bits per heavy atom. The molecule has 15 heavy (non-hydrogen) atoms. The summed E-state index contributed by atoms with van der Waals surface area (Å²) in [5, 5.41) is 10.4. The molecule has 0 spiro atoms. The summed E-state index contributed by atoms with van der Waals surface area (Å²) >= 11 is 0. The number of hydrogen-bond acceptors (Lipinski definition) is 5. The molecule has 88 valence electrons. The van der Waals surface area contributed by atoms with Gasteiger partial charge in [-0.15, -0.1) is 0 Å². The number of carboxylic acid groups (broad SMARTS) is 1. The van der Waals surface area contributed by atoms with Crippen molar-refractivity contribution in [3.05, 3.63) is 0 Å². The molecular weight excluding hydrogens is 228 g/mol. The summed E-state index contributed by atoms with van der Waals surface area (Å²) in [5.41, 5.74) is 5.05. The van der Waals surface area contributed by atoms with Gasteiger partial charge in [0.15, 0.2) is 0 Å². The highest BCUT2D eigenvalue weighted by atomic mass is 32.2. The van der Waals surface area contributed by atoms with Crippen LogP contribution in [0.3, 0.4) is 0 Å². The van der Waals surface area contributed by atoms with Gasteiger partial charge in [-0.05, 0) is 0 Å². The molecule has 0 aromatic carbocycles. The lowest BCUT2D eigenvalue weighted by Crippen LogP contribution is -2.38. The zero-order chi connectivity index (χ0) is 12.1. The van der Waals surface area contributed by atoms with Crippen LogP contribution in [0.1, 0.15) is 6.42 Å². The monoisotopic (exact) mass is 240 g/mol. The van der Waals surface area contributed by atoms with E-state index in [1.807, 2.05) is 0 Å². The maximum atomic E-state index is 10.9. The minimum absolute atomic E-state index is 0.288. The number of nitrogens with two attached hydrogens (primary N) is 1. The Hall–Kier alpha value is -1.19. The van der Waals surface area contributed by atoms with Crippen molar-refractivity contribution in [3.8, 4) is 0 Å². The van der Waals surface area contributed by atoms with E-state index in [-0.39, 0.29) is 6.54 Å². The van der Waals surface area contributed by atoms with Gasteiger partial charge < -0.3 is 16.2 Å². The van der Waals surface area contributed by atoms with Crippen molar-refractivity contribution >= 4 is 22.0 Å². The minimum Gasteiger partial charge on any atom is -0.480 e. The van der Waals surface area contributed by atoms with Crippen LogP contribution in [0, 0.1) is 0 Å². The number of carboxylic acids is 1. The molecule has 0 heterocycles. The molecule has 1 atom stereocenters. The highest BCUT2D eigenvalue weighted by molar-refractivity contribution is 7.85. The van der Waals surface area contributed by atoms with E-state index in [4.69, 9.17) is 15.4 Å². The third-order valence-electron chi connectivity index (χ3n) is 1.40. The largest absolute Gasteiger partial charge is 0.480 e. The molecule has 0 bridgehead atoms. The molecule has 0 fully saturated rings. The van der Waals surface area contributed by atoms with Gasteiger partial charge in [0.2, 0.25) is 5.91 Å². The van der Waals surface area contributed by atoms with Crippen molar-refractivity contribution < 1.29 is 27.7 Å². The van der Waals surface area contributed by atoms with E-state index in [9.17, 15) is 18.0 Å². The Morgan fingerprint density at radius 3 is 2.33 bits per heavy atom. The Labute approximate surface area is 86.2 Å². The van der Waals surface area contributed by atoms with Crippen LogP contribution in [0.5, 0.6) is 0 Å². The highest BCUT2D eigenvalue weighted by Crippen LogP contribution is 1.88. The first-order valence-electron chi connectivity index (χ1n) is 3.92. The van der Waals surface area contributed by atoms with Crippen LogP contribution in [0.15, 0.2) is 0 Å². The number of carbonyl (C=O) groups excluding carboxylic acids is 1. The molecule has 0 radical (unpaired) electrons. The predicted molar refractivity (Wildman–Crippen MR) is 49.7 cm³/mol. The second kappa shape index (κ2) is 5.63. The first kappa shape index (κ1) is 13.8. The topological polar surface area (TPSA) is 147 Å². The maximum Gasteiger partial charge on any atom is 0.321 e. The molecule has 0 rings (SSSR count). The minimum atomic E-state index is -4.13. The number of aliphatic carboxylic acids is 1. The Kier molecular flexibility index (Phi) is 5.19. The average Bonchev–Trinajstić information content (AvgIpc) is 2.01. The molecule has 0 saturated heterocycles. The van der Waals surface area contributed by atoms with Gasteiger partial charge >= 0.3 is 5.97 Å². The van der Waals surface area contributed by atoms with Gasteiger partial charge in [-0.3, -0.25) is 14.1 Å². The van der Waals surface area contributed by atoms with Crippen molar-refractivity contribution in [3.63, 3.8) is 0 Å². The van der Waals surface area contributed by atoms with Crippen molar-refractivity contribution in [2.75, 3.05) is 12.3 Å². The fourth-order valence-electron chi connectivity index (χ4n) is 0.679. The van der Waals surface area contributed by atoms with Crippen molar-refractivity contribution in [2.24, 2.45) is 5.73 Å². The van der Waals surface area contributed by atoms with Crippen LogP contribution in [0.4, 0.5) is 0 Å². The van der Waals surface area contributed by atoms with Gasteiger partial charge in [0, 0.05) is 6.54 Å². The van der Waals surface area contributed by atoms with E-state index in [1.54, 1.807) is 0 Å². The van der Waals surface area contributed by atoms with Crippen molar-refractivity contribution in [1.29, 1.82) is 0 Å². The molecule has 0 aliphatic rings. The standard InChI is InChI=1S/C6H12N2O6S/c7-4(6(10)11)3-5(9)8-1-2-15(12,13)14/h4H,1-3,7H2,(H,8,9)(H,10,11)(H,12,13,14)/t4-/m0/s1. The van der Waals surface area contributed by atoms with Crippen LogP contribution < -0.4 is 11.1 Å². The third kappa shape index (κ3) is 7.85. The van der Waals surface area contributed by atoms with E-state index < -0.39 is 40.2 Å². The van der Waals surface area contributed by atoms with E-state index in [0.29, 0.717) is 0 Å². The third-order valence-corrected chi connectivity index (χ3v) is 2.12. The van der Waals surface area contributed by atoms with Crippen LogP contribution in [0.25, 0.3) is 0 Å². The normalized spacial score (nSPS) is 13.2. The van der Waals surface area contributed by atoms with Crippen LogP contribution >= 0.6 is 0 Å². The van der Waals surface area contributed by atoms with Gasteiger partial charge in [-0.2, -0.15) is 8.42 Å². The second-order valence-electron chi connectivity index (χ2n) is 2.78. The lowest BCUT2D eigenvalue weighted by Gasteiger charge is -2.06. The van der Waals surface area contributed by atoms with Crippen molar-refractivity contribution in [1.82, 2.24) is 5.32 Å². The molecule has 1 amide bonds. The smallest absolute Gasteiger partial charge is 0.321 e. The van der Waals surface area contributed by atoms with Gasteiger partial charge in [-0.25, -0.2) is 0 Å². The van der Waals surface area contributed by atoms with Crippen LogP contribution in [-0.4, -0.2) is 48.3 Å². The van der Waals surface area contributed by atoms with Gasteiger partial charge in [0.1, 0.15) is 6.04 Å². The van der Waals surface area contributed by atoms with Gasteiger partial charge in [-0.1, -0.05) is 0 Å². The van der Waals surface area contributed by atoms with E-state index >= 15 is 0 Å². The fourth-order valence-corrected chi connectivity index (χ4v) is 1.04. The zero-order valence-corrected chi connectivity index (χ0v) is 8.53. The van der Waals surface area contributed by atoms with E-state index in [2.05, 4.69) is 5.32 Å². The molecule has 0 aromatic heterocycles. The number of hydrogen-bond donors (Lipinski definition) is 4. The summed E-state index contributed by atoms with van der Waals surface area (Å²) in [4.78, 5) is 21.1. The number of nitrogens with one attached hydrogen (secondary N) is 1. The van der Waals surface area contributed by atoms with Gasteiger partial charge in [0.25, 0.3) is 10.1 Å². The molecule has 9 heteroatoms. The molecule has 5 N–H and O–H groups in total. The summed E-state index contributed by atoms with van der Waals surface area (Å²) < 4.78 is 28.8. The first-order chi connectivity index (χ1) is 6.72. The SMILES string of the molecule is N[C@@H](CC(=O)NCCS(=O)(=O)O)C(=O)O. The van der Waals surface area contributed by atoms with E-state index in [1.165, 1.54) is 0 Å². The molecule has 0 aliphatic carbocycles. The molecule has 0 unspecified atom stereocenters. The molecule has 0 saturated carbocycles.